The summed E-state index contributed by atoms with van der Waals surface area (Å²) in [5.41, 5.74) is 0.627. The van der Waals surface area contributed by atoms with Gasteiger partial charge in [-0.1, -0.05) is 11.8 Å². The summed E-state index contributed by atoms with van der Waals surface area (Å²) in [6.45, 7) is -0.00265. The predicted octanol–water partition coefficient (Wildman–Crippen LogP) is -0.308. The molecule has 0 amide bonds. The summed E-state index contributed by atoms with van der Waals surface area (Å²) in [6.07, 6.45) is 1.83. The standard InChI is InChI=1S/C10H13N3O3S/c1-11-17(15,16)13-10-8-9(5-6-12-10)4-2-3-7-14/h5-6,8,11,14H,3,7H2,1H3,(H,12,13). The number of pyridine rings is 1. The van der Waals surface area contributed by atoms with E-state index in [-0.39, 0.29) is 12.4 Å². The molecule has 0 fully saturated rings. The highest BCUT2D eigenvalue weighted by atomic mass is 32.2. The minimum absolute atomic E-state index is 0.00265. The van der Waals surface area contributed by atoms with Crippen molar-refractivity contribution in [1.29, 1.82) is 0 Å². The molecule has 0 unspecified atom stereocenters. The maximum Gasteiger partial charge on any atom is 0.300 e. The Morgan fingerprint density at radius 3 is 2.94 bits per heavy atom. The van der Waals surface area contributed by atoms with Crippen LogP contribution in [0.4, 0.5) is 5.82 Å². The molecule has 0 saturated carbocycles. The molecule has 6 nitrogen and oxygen atoms in total. The van der Waals surface area contributed by atoms with Gasteiger partial charge in [-0.25, -0.2) is 9.71 Å². The zero-order valence-electron chi connectivity index (χ0n) is 9.27. The van der Waals surface area contributed by atoms with Crippen molar-refractivity contribution in [1.82, 2.24) is 9.71 Å². The van der Waals surface area contributed by atoms with Crippen LogP contribution in [0.1, 0.15) is 12.0 Å². The zero-order chi connectivity index (χ0) is 12.7. The first-order valence-corrected chi connectivity index (χ1v) is 6.33. The van der Waals surface area contributed by atoms with Gasteiger partial charge in [-0.2, -0.15) is 8.42 Å². The van der Waals surface area contributed by atoms with E-state index < -0.39 is 10.2 Å². The molecular formula is C10H13N3O3S. The first kappa shape index (κ1) is 13.4. The van der Waals surface area contributed by atoms with E-state index in [1.54, 1.807) is 6.07 Å². The molecule has 0 aromatic carbocycles. The Morgan fingerprint density at radius 1 is 1.53 bits per heavy atom. The number of nitrogens with zero attached hydrogens (tertiary/aromatic N) is 1. The van der Waals surface area contributed by atoms with E-state index in [0.717, 1.165) is 0 Å². The summed E-state index contributed by atoms with van der Waals surface area (Å²) >= 11 is 0. The van der Waals surface area contributed by atoms with Crippen LogP contribution in [0, 0.1) is 11.8 Å². The molecule has 1 aromatic rings. The van der Waals surface area contributed by atoms with Crippen molar-refractivity contribution in [2.24, 2.45) is 0 Å². The van der Waals surface area contributed by atoms with E-state index in [9.17, 15) is 8.42 Å². The lowest BCUT2D eigenvalue weighted by atomic mass is 10.2. The van der Waals surface area contributed by atoms with Crippen molar-refractivity contribution in [3.8, 4) is 11.8 Å². The molecule has 0 aliphatic heterocycles. The number of anilines is 1. The Morgan fingerprint density at radius 2 is 2.29 bits per heavy atom. The van der Waals surface area contributed by atoms with Gasteiger partial charge in [0, 0.05) is 25.2 Å². The molecule has 0 radical (unpaired) electrons. The van der Waals surface area contributed by atoms with Crippen LogP contribution < -0.4 is 9.44 Å². The lowest BCUT2D eigenvalue weighted by molar-refractivity contribution is 0.305. The summed E-state index contributed by atoms with van der Waals surface area (Å²) in [5, 5.41) is 8.57. The summed E-state index contributed by atoms with van der Waals surface area (Å²) in [7, 11) is -2.27. The van der Waals surface area contributed by atoms with Crippen LogP contribution in [0.2, 0.25) is 0 Å². The van der Waals surface area contributed by atoms with Gasteiger partial charge in [-0.05, 0) is 12.1 Å². The first-order valence-electron chi connectivity index (χ1n) is 4.84. The molecule has 0 aliphatic carbocycles. The highest BCUT2D eigenvalue weighted by Gasteiger charge is 2.06. The molecular weight excluding hydrogens is 242 g/mol. The van der Waals surface area contributed by atoms with Crippen LogP contribution in [0.5, 0.6) is 0 Å². The van der Waals surface area contributed by atoms with Gasteiger partial charge < -0.3 is 5.11 Å². The fraction of sp³-hybridized carbons (Fsp3) is 0.300. The predicted molar refractivity (Wildman–Crippen MR) is 64.4 cm³/mol. The molecule has 0 spiro atoms. The lowest BCUT2D eigenvalue weighted by Gasteiger charge is -2.04. The molecule has 3 N–H and O–H groups in total. The Kier molecular flexibility index (Phi) is 4.90. The number of aliphatic hydroxyl groups is 1. The van der Waals surface area contributed by atoms with E-state index >= 15 is 0 Å². The van der Waals surface area contributed by atoms with E-state index in [0.29, 0.717) is 12.0 Å². The largest absolute Gasteiger partial charge is 0.395 e. The van der Waals surface area contributed by atoms with E-state index in [4.69, 9.17) is 5.11 Å². The van der Waals surface area contributed by atoms with Crippen LogP contribution in [0.3, 0.4) is 0 Å². The number of rotatable bonds is 4. The van der Waals surface area contributed by atoms with Gasteiger partial charge in [0.05, 0.1) is 6.61 Å². The van der Waals surface area contributed by atoms with Crippen molar-refractivity contribution < 1.29 is 13.5 Å². The number of hydrogen-bond donors (Lipinski definition) is 3. The van der Waals surface area contributed by atoms with Gasteiger partial charge in [-0.3, -0.25) is 4.72 Å². The highest BCUT2D eigenvalue weighted by molar-refractivity contribution is 7.90. The van der Waals surface area contributed by atoms with Crippen LogP contribution >= 0.6 is 0 Å². The summed E-state index contributed by atoms with van der Waals surface area (Å²) < 4.78 is 26.8. The molecule has 1 rings (SSSR count). The van der Waals surface area contributed by atoms with Crippen molar-refractivity contribution in [2.45, 2.75) is 6.42 Å². The second-order valence-electron chi connectivity index (χ2n) is 3.01. The van der Waals surface area contributed by atoms with Crippen LogP contribution in [-0.2, 0) is 10.2 Å². The summed E-state index contributed by atoms with van der Waals surface area (Å²) in [6, 6.07) is 3.17. The Hall–Kier alpha value is -1.62. The van der Waals surface area contributed by atoms with Crippen LogP contribution in [0.15, 0.2) is 18.3 Å². The Bertz CT molecular complexity index is 531. The molecule has 92 valence electrons. The Balaban J connectivity index is 2.84. The third-order valence-electron chi connectivity index (χ3n) is 1.74. The number of aliphatic hydroxyl groups excluding tert-OH is 1. The van der Waals surface area contributed by atoms with Gasteiger partial charge in [0.15, 0.2) is 0 Å². The van der Waals surface area contributed by atoms with Gasteiger partial charge in [0.25, 0.3) is 10.2 Å². The molecule has 1 aromatic heterocycles. The lowest BCUT2D eigenvalue weighted by Crippen LogP contribution is -2.26. The topological polar surface area (TPSA) is 91.3 Å². The second-order valence-corrected chi connectivity index (χ2v) is 4.63. The quantitative estimate of drug-likeness (QED) is 0.644. The molecule has 7 heteroatoms. The Labute approximate surface area is 100 Å². The van der Waals surface area contributed by atoms with Crippen LogP contribution in [-0.4, -0.2) is 32.2 Å². The zero-order valence-corrected chi connectivity index (χ0v) is 10.1. The number of hydrogen-bond acceptors (Lipinski definition) is 4. The van der Waals surface area contributed by atoms with Crippen molar-refractivity contribution in [3.05, 3.63) is 23.9 Å². The second kappa shape index (κ2) is 6.20. The molecule has 0 saturated heterocycles. The minimum atomic E-state index is -3.57. The normalized spacial score (nSPS) is 10.5. The third kappa shape index (κ3) is 4.82. The maximum absolute atomic E-state index is 11.2. The van der Waals surface area contributed by atoms with Crippen molar-refractivity contribution in [3.63, 3.8) is 0 Å². The average molecular weight is 255 g/mol. The highest BCUT2D eigenvalue weighted by Crippen LogP contribution is 2.06. The summed E-state index contributed by atoms with van der Waals surface area (Å²) in [4.78, 5) is 3.85. The van der Waals surface area contributed by atoms with Gasteiger partial charge in [-0.15, -0.1) is 0 Å². The molecule has 0 atom stereocenters. The average Bonchev–Trinajstić information content (AvgIpc) is 2.29. The maximum atomic E-state index is 11.2. The number of aromatic nitrogens is 1. The monoisotopic (exact) mass is 255 g/mol. The van der Waals surface area contributed by atoms with Crippen molar-refractivity contribution >= 4 is 16.0 Å². The fourth-order valence-electron chi connectivity index (χ4n) is 0.973. The van der Waals surface area contributed by atoms with E-state index in [1.165, 1.54) is 19.3 Å². The summed E-state index contributed by atoms with van der Waals surface area (Å²) in [5.74, 6) is 5.71. The van der Waals surface area contributed by atoms with Crippen LogP contribution in [0.25, 0.3) is 0 Å². The third-order valence-corrected chi connectivity index (χ3v) is 2.75. The fourth-order valence-corrected chi connectivity index (χ4v) is 1.46. The van der Waals surface area contributed by atoms with Gasteiger partial charge >= 0.3 is 0 Å². The molecule has 0 aliphatic rings. The minimum Gasteiger partial charge on any atom is -0.395 e. The van der Waals surface area contributed by atoms with E-state index in [1.807, 2.05) is 0 Å². The van der Waals surface area contributed by atoms with Crippen molar-refractivity contribution in [2.75, 3.05) is 18.4 Å². The van der Waals surface area contributed by atoms with Gasteiger partial charge in [0.2, 0.25) is 0 Å². The molecule has 1 heterocycles. The first-order chi connectivity index (χ1) is 8.07. The van der Waals surface area contributed by atoms with Gasteiger partial charge in [0.1, 0.15) is 5.82 Å². The SMILES string of the molecule is CNS(=O)(=O)Nc1cc(C#CCCO)ccn1. The number of nitrogens with one attached hydrogen (secondary N) is 2. The molecule has 0 bridgehead atoms. The smallest absolute Gasteiger partial charge is 0.300 e. The van der Waals surface area contributed by atoms with E-state index in [2.05, 4.69) is 26.3 Å². The molecule has 17 heavy (non-hydrogen) atoms.